The number of hydrogen-bond acceptors (Lipinski definition) is 6. The zero-order valence-electron chi connectivity index (χ0n) is 16.1. The van der Waals surface area contributed by atoms with E-state index in [1.165, 1.54) is 19.3 Å². The van der Waals surface area contributed by atoms with Crippen LogP contribution in [0.2, 0.25) is 0 Å². The van der Waals surface area contributed by atoms with E-state index in [4.69, 9.17) is 9.47 Å². The molecule has 1 aromatic heterocycles. The van der Waals surface area contributed by atoms with E-state index in [1.54, 1.807) is 38.5 Å². The van der Waals surface area contributed by atoms with Crippen molar-refractivity contribution in [2.45, 2.75) is 38.6 Å². The average molecular weight is 370 g/mol. The summed E-state index contributed by atoms with van der Waals surface area (Å²) in [5, 5.41) is 11.3. The van der Waals surface area contributed by atoms with E-state index in [0.29, 0.717) is 28.9 Å². The molecule has 3 rings (SSSR count). The Hall–Kier alpha value is -2.83. The van der Waals surface area contributed by atoms with Gasteiger partial charge in [0.1, 0.15) is 11.5 Å². The number of carbonyl (C=O) groups excluding carboxylic acids is 1. The monoisotopic (exact) mass is 370 g/mol. The number of nitrogens with zero attached hydrogens (tertiary/aromatic N) is 3. The standard InChI is InChI=1S/C20H26N4O3/c1-4-15-7-5-6-10-24(15)19-9-8-18(22-23-19)21-20(25)14-11-16(26-2)13-17(12-14)27-3/h8-9,11-13,15H,4-7,10H2,1-3H3,(H,21,22,25). The highest BCUT2D eigenvalue weighted by molar-refractivity contribution is 6.04. The summed E-state index contributed by atoms with van der Waals surface area (Å²) >= 11 is 0. The van der Waals surface area contributed by atoms with Gasteiger partial charge in [0, 0.05) is 24.2 Å². The van der Waals surface area contributed by atoms with Gasteiger partial charge < -0.3 is 19.7 Å². The van der Waals surface area contributed by atoms with E-state index in [-0.39, 0.29) is 5.91 Å². The maximum absolute atomic E-state index is 12.5. The fourth-order valence-electron chi connectivity index (χ4n) is 3.40. The molecule has 0 spiro atoms. The molecule has 0 bridgehead atoms. The van der Waals surface area contributed by atoms with Crippen LogP contribution >= 0.6 is 0 Å². The van der Waals surface area contributed by atoms with Crippen molar-refractivity contribution >= 4 is 17.5 Å². The highest BCUT2D eigenvalue weighted by Crippen LogP contribution is 2.26. The second-order valence-electron chi connectivity index (χ2n) is 6.58. The van der Waals surface area contributed by atoms with Gasteiger partial charge in [-0.1, -0.05) is 6.92 Å². The molecule has 0 saturated carbocycles. The first-order valence-electron chi connectivity index (χ1n) is 9.29. The summed E-state index contributed by atoms with van der Waals surface area (Å²) in [7, 11) is 3.09. The van der Waals surface area contributed by atoms with Gasteiger partial charge in [0.2, 0.25) is 0 Å². The third-order valence-electron chi connectivity index (χ3n) is 4.90. The average Bonchev–Trinajstić information content (AvgIpc) is 2.73. The molecule has 7 nitrogen and oxygen atoms in total. The van der Waals surface area contributed by atoms with Crippen LogP contribution in [0.1, 0.15) is 43.0 Å². The largest absolute Gasteiger partial charge is 0.497 e. The van der Waals surface area contributed by atoms with Crippen molar-refractivity contribution in [3.05, 3.63) is 35.9 Å². The Labute approximate surface area is 159 Å². The predicted molar refractivity (Wildman–Crippen MR) is 105 cm³/mol. The lowest BCUT2D eigenvalue weighted by Gasteiger charge is -2.35. The van der Waals surface area contributed by atoms with Crippen LogP contribution in [-0.4, -0.2) is 42.9 Å². The summed E-state index contributed by atoms with van der Waals surface area (Å²) in [5.74, 6) is 2.09. The molecule has 1 amide bonds. The summed E-state index contributed by atoms with van der Waals surface area (Å²) in [4.78, 5) is 14.8. The molecule has 0 radical (unpaired) electrons. The normalized spacial score (nSPS) is 16.7. The first-order valence-corrected chi connectivity index (χ1v) is 9.29. The van der Waals surface area contributed by atoms with Crippen LogP contribution in [0.25, 0.3) is 0 Å². The van der Waals surface area contributed by atoms with E-state index < -0.39 is 0 Å². The summed E-state index contributed by atoms with van der Waals surface area (Å²) in [5.41, 5.74) is 0.430. The lowest BCUT2D eigenvalue weighted by Crippen LogP contribution is -2.39. The number of hydrogen-bond donors (Lipinski definition) is 1. The number of ether oxygens (including phenoxy) is 2. The van der Waals surface area contributed by atoms with Crippen molar-refractivity contribution in [2.75, 3.05) is 31.0 Å². The van der Waals surface area contributed by atoms with Crippen LogP contribution in [-0.2, 0) is 0 Å². The number of anilines is 2. The molecule has 1 atom stereocenters. The first kappa shape index (κ1) is 18.9. The third-order valence-corrected chi connectivity index (χ3v) is 4.90. The Kier molecular flexibility index (Phi) is 6.11. The predicted octanol–water partition coefficient (Wildman–Crippen LogP) is 3.52. The molecule has 1 unspecified atom stereocenters. The van der Waals surface area contributed by atoms with Crippen LogP contribution in [0.5, 0.6) is 11.5 Å². The van der Waals surface area contributed by atoms with Gasteiger partial charge in [0.25, 0.3) is 5.91 Å². The summed E-state index contributed by atoms with van der Waals surface area (Å²) in [6.45, 7) is 3.20. The molecule has 1 aromatic carbocycles. The van der Waals surface area contributed by atoms with Crippen LogP contribution < -0.4 is 19.7 Å². The highest BCUT2D eigenvalue weighted by atomic mass is 16.5. The molecule has 1 aliphatic rings. The zero-order valence-corrected chi connectivity index (χ0v) is 16.1. The van der Waals surface area contributed by atoms with Gasteiger partial charge in [0.15, 0.2) is 11.6 Å². The minimum absolute atomic E-state index is 0.293. The minimum Gasteiger partial charge on any atom is -0.497 e. The number of amides is 1. The van der Waals surface area contributed by atoms with Crippen LogP contribution in [0.3, 0.4) is 0 Å². The summed E-state index contributed by atoms with van der Waals surface area (Å²) < 4.78 is 10.4. The number of aromatic nitrogens is 2. The van der Waals surface area contributed by atoms with Gasteiger partial charge in [-0.2, -0.15) is 0 Å². The fourth-order valence-corrected chi connectivity index (χ4v) is 3.40. The van der Waals surface area contributed by atoms with Crippen LogP contribution in [0.15, 0.2) is 30.3 Å². The van der Waals surface area contributed by atoms with E-state index >= 15 is 0 Å². The lowest BCUT2D eigenvalue weighted by molar-refractivity contribution is 0.102. The van der Waals surface area contributed by atoms with Crippen LogP contribution in [0.4, 0.5) is 11.6 Å². The summed E-state index contributed by atoms with van der Waals surface area (Å²) in [6.07, 6.45) is 4.72. The van der Waals surface area contributed by atoms with Crippen molar-refractivity contribution in [1.82, 2.24) is 10.2 Å². The van der Waals surface area contributed by atoms with E-state index in [2.05, 4.69) is 27.3 Å². The molecule has 1 aliphatic heterocycles. The minimum atomic E-state index is -0.293. The van der Waals surface area contributed by atoms with Crippen molar-refractivity contribution in [3.63, 3.8) is 0 Å². The highest BCUT2D eigenvalue weighted by Gasteiger charge is 2.22. The molecule has 1 N–H and O–H groups in total. The Morgan fingerprint density at radius 3 is 2.48 bits per heavy atom. The second-order valence-corrected chi connectivity index (χ2v) is 6.58. The molecular weight excluding hydrogens is 344 g/mol. The Morgan fingerprint density at radius 1 is 1.15 bits per heavy atom. The van der Waals surface area contributed by atoms with Gasteiger partial charge in [-0.05, 0) is 49.9 Å². The number of benzene rings is 1. The molecule has 1 saturated heterocycles. The maximum atomic E-state index is 12.5. The van der Waals surface area contributed by atoms with Gasteiger partial charge in [-0.15, -0.1) is 10.2 Å². The quantitative estimate of drug-likeness (QED) is 0.838. The molecule has 2 heterocycles. The molecule has 1 fully saturated rings. The number of piperidine rings is 1. The number of methoxy groups -OCH3 is 2. The van der Waals surface area contributed by atoms with Gasteiger partial charge in [0.05, 0.1) is 14.2 Å². The molecule has 144 valence electrons. The third kappa shape index (κ3) is 4.48. The lowest BCUT2D eigenvalue weighted by atomic mass is 10.0. The van der Waals surface area contributed by atoms with Crippen LogP contribution in [0, 0.1) is 0 Å². The van der Waals surface area contributed by atoms with E-state index in [9.17, 15) is 4.79 Å². The maximum Gasteiger partial charge on any atom is 0.257 e. The Balaban J connectivity index is 1.72. The molecular formula is C20H26N4O3. The topological polar surface area (TPSA) is 76.6 Å². The fraction of sp³-hybridized carbons (Fsp3) is 0.450. The van der Waals surface area contributed by atoms with Gasteiger partial charge in [-0.25, -0.2) is 0 Å². The smallest absolute Gasteiger partial charge is 0.257 e. The van der Waals surface area contributed by atoms with Gasteiger partial charge >= 0.3 is 0 Å². The Bertz CT molecular complexity index is 757. The Morgan fingerprint density at radius 2 is 1.89 bits per heavy atom. The second kappa shape index (κ2) is 8.70. The number of carbonyl (C=O) groups is 1. The molecule has 7 heteroatoms. The molecule has 2 aromatic rings. The molecule has 0 aliphatic carbocycles. The first-order chi connectivity index (χ1) is 13.1. The number of rotatable bonds is 6. The van der Waals surface area contributed by atoms with Crippen molar-refractivity contribution in [3.8, 4) is 11.5 Å². The van der Waals surface area contributed by atoms with Crippen molar-refractivity contribution in [1.29, 1.82) is 0 Å². The van der Waals surface area contributed by atoms with E-state index in [1.807, 2.05) is 6.07 Å². The van der Waals surface area contributed by atoms with Crippen molar-refractivity contribution in [2.24, 2.45) is 0 Å². The zero-order chi connectivity index (χ0) is 19.2. The van der Waals surface area contributed by atoms with Crippen molar-refractivity contribution < 1.29 is 14.3 Å². The number of nitrogens with one attached hydrogen (secondary N) is 1. The van der Waals surface area contributed by atoms with E-state index in [0.717, 1.165) is 18.8 Å². The molecule has 27 heavy (non-hydrogen) atoms. The summed E-state index contributed by atoms with van der Waals surface area (Å²) in [6, 6.07) is 9.24. The van der Waals surface area contributed by atoms with Gasteiger partial charge in [-0.3, -0.25) is 4.79 Å². The SMILES string of the molecule is CCC1CCCCN1c1ccc(NC(=O)c2cc(OC)cc(OC)c2)nn1.